The predicted octanol–water partition coefficient (Wildman–Crippen LogP) is 5.89. The van der Waals surface area contributed by atoms with Gasteiger partial charge < -0.3 is 9.05 Å². The lowest BCUT2D eigenvalue weighted by atomic mass is 10.1. The molecule has 0 saturated heterocycles. The van der Waals surface area contributed by atoms with Crippen LogP contribution in [0.2, 0.25) is 0 Å². The van der Waals surface area contributed by atoms with E-state index in [-0.39, 0.29) is 19.1 Å². The number of rotatable bonds is 9. The van der Waals surface area contributed by atoms with Crippen LogP contribution in [0.5, 0.6) is 0 Å². The van der Waals surface area contributed by atoms with E-state index in [1.165, 1.54) is 0 Å². The molecule has 0 aliphatic carbocycles. The van der Waals surface area contributed by atoms with Gasteiger partial charge in [-0.1, -0.05) is 86.6 Å². The molecule has 6 nitrogen and oxygen atoms in total. The van der Waals surface area contributed by atoms with E-state index in [1.54, 1.807) is 38.1 Å². The number of amides is 2. The molecule has 1 aliphatic rings. The minimum Gasteiger partial charge on any atom is -0.302 e. The summed E-state index contributed by atoms with van der Waals surface area (Å²) in [6, 6.07) is 25.2. The largest absolute Gasteiger partial charge is 0.354 e. The zero-order chi connectivity index (χ0) is 23.4. The van der Waals surface area contributed by atoms with Gasteiger partial charge in [-0.15, -0.1) is 0 Å². The van der Waals surface area contributed by atoms with Gasteiger partial charge in [-0.25, -0.2) is 0 Å². The van der Waals surface area contributed by atoms with Crippen molar-refractivity contribution < 1.29 is 23.2 Å². The molecule has 1 aliphatic heterocycles. The molecule has 7 heteroatoms. The van der Waals surface area contributed by atoms with Crippen molar-refractivity contribution in [2.45, 2.75) is 32.8 Å². The third-order valence-corrected chi connectivity index (χ3v) is 7.97. The predicted molar refractivity (Wildman–Crippen MR) is 126 cm³/mol. The minimum atomic E-state index is -3.98. The highest BCUT2D eigenvalue weighted by molar-refractivity contribution is 7.54. The second-order valence-corrected chi connectivity index (χ2v) is 10.4. The van der Waals surface area contributed by atoms with E-state index >= 15 is 0 Å². The van der Waals surface area contributed by atoms with Crippen LogP contribution in [-0.2, 0) is 26.8 Å². The standard InChI is InChI=1S/C26H26NO5P/c1-19(2)26(27-24(28)22-15-9-10-16-23(22)25(27)29)33(30,31-17-20-11-5-3-6-12-20)32-18-21-13-7-4-8-14-21/h3-16,19,26H,17-18H2,1-2H3. The van der Waals surface area contributed by atoms with Crippen LogP contribution >= 0.6 is 7.60 Å². The highest BCUT2D eigenvalue weighted by atomic mass is 31.2. The van der Waals surface area contributed by atoms with Crippen LogP contribution in [-0.4, -0.2) is 22.5 Å². The number of hydrogen-bond donors (Lipinski definition) is 0. The van der Waals surface area contributed by atoms with Gasteiger partial charge in [0.1, 0.15) is 5.78 Å². The lowest BCUT2D eigenvalue weighted by Crippen LogP contribution is -2.43. The molecule has 1 heterocycles. The van der Waals surface area contributed by atoms with E-state index in [4.69, 9.17) is 9.05 Å². The molecule has 0 saturated carbocycles. The van der Waals surface area contributed by atoms with Gasteiger partial charge in [-0.3, -0.25) is 19.1 Å². The first-order chi connectivity index (χ1) is 15.9. The Morgan fingerprint density at radius 2 is 1.09 bits per heavy atom. The Labute approximate surface area is 193 Å². The molecule has 0 N–H and O–H groups in total. The molecule has 3 aromatic rings. The van der Waals surface area contributed by atoms with Crippen molar-refractivity contribution in [2.24, 2.45) is 5.92 Å². The number of carbonyl (C=O) groups excluding carboxylic acids is 2. The molecule has 3 aromatic carbocycles. The SMILES string of the molecule is CC(C)C(N1C(=O)c2ccccc2C1=O)P(=O)(OCc1ccccc1)OCc1ccccc1. The van der Waals surface area contributed by atoms with E-state index in [0.717, 1.165) is 16.0 Å². The third-order valence-electron chi connectivity index (χ3n) is 5.52. The Bertz CT molecular complexity index is 1100. The summed E-state index contributed by atoms with van der Waals surface area (Å²) in [6.07, 6.45) is 0. The quantitative estimate of drug-likeness (QED) is 0.292. The normalized spacial score (nSPS) is 14.6. The Hall–Kier alpha value is -3.05. The van der Waals surface area contributed by atoms with Gasteiger partial charge in [-0.05, 0) is 29.2 Å². The number of hydrogen-bond acceptors (Lipinski definition) is 5. The second-order valence-electron chi connectivity index (χ2n) is 8.24. The molecule has 2 amide bonds. The van der Waals surface area contributed by atoms with Crippen LogP contribution in [0.15, 0.2) is 84.9 Å². The van der Waals surface area contributed by atoms with Crippen molar-refractivity contribution in [3.8, 4) is 0 Å². The first-order valence-corrected chi connectivity index (χ1v) is 12.5. The Morgan fingerprint density at radius 3 is 1.48 bits per heavy atom. The second kappa shape index (κ2) is 9.84. The number of imide groups is 1. The molecule has 0 radical (unpaired) electrons. The Kier molecular flexibility index (Phi) is 6.89. The fraction of sp³-hybridized carbons (Fsp3) is 0.231. The maximum absolute atomic E-state index is 14.3. The number of carbonyl (C=O) groups is 2. The van der Waals surface area contributed by atoms with E-state index < -0.39 is 25.2 Å². The summed E-state index contributed by atoms with van der Waals surface area (Å²) in [6.45, 7) is 3.66. The zero-order valence-electron chi connectivity index (χ0n) is 18.6. The van der Waals surface area contributed by atoms with E-state index in [2.05, 4.69) is 0 Å². The summed E-state index contributed by atoms with van der Waals surface area (Å²) in [5.74, 6) is -2.41. The highest BCUT2D eigenvalue weighted by Crippen LogP contribution is 2.59. The molecule has 0 spiro atoms. The third kappa shape index (κ3) is 4.83. The van der Waals surface area contributed by atoms with Crippen LogP contribution in [0.4, 0.5) is 0 Å². The van der Waals surface area contributed by atoms with Crippen molar-refractivity contribution in [1.29, 1.82) is 0 Å². The fourth-order valence-corrected chi connectivity index (χ4v) is 6.18. The summed E-state index contributed by atoms with van der Waals surface area (Å²) in [5.41, 5.74) is 2.22. The molecule has 170 valence electrons. The fourth-order valence-electron chi connectivity index (χ4n) is 3.92. The topological polar surface area (TPSA) is 72.9 Å². The van der Waals surface area contributed by atoms with Gasteiger partial charge in [-0.2, -0.15) is 0 Å². The van der Waals surface area contributed by atoms with Crippen LogP contribution in [0, 0.1) is 5.92 Å². The molecule has 1 atom stereocenters. The first-order valence-electron chi connectivity index (χ1n) is 10.8. The lowest BCUT2D eigenvalue weighted by Gasteiger charge is -2.34. The summed E-state index contributed by atoms with van der Waals surface area (Å²) in [5, 5.41) is 0. The Morgan fingerprint density at radius 1 is 0.697 bits per heavy atom. The average Bonchev–Trinajstić information content (AvgIpc) is 3.08. The van der Waals surface area contributed by atoms with Crippen LogP contribution < -0.4 is 0 Å². The van der Waals surface area contributed by atoms with Crippen LogP contribution in [0.3, 0.4) is 0 Å². The Balaban J connectivity index is 1.69. The maximum atomic E-state index is 14.3. The van der Waals surface area contributed by atoms with Gasteiger partial charge in [0.2, 0.25) is 0 Å². The smallest absolute Gasteiger partial charge is 0.302 e. The van der Waals surface area contributed by atoms with Crippen LogP contribution in [0.25, 0.3) is 0 Å². The van der Waals surface area contributed by atoms with Gasteiger partial charge in [0, 0.05) is 0 Å². The van der Waals surface area contributed by atoms with Crippen LogP contribution in [0.1, 0.15) is 45.7 Å². The molecule has 33 heavy (non-hydrogen) atoms. The van der Waals surface area contributed by atoms with Crippen molar-refractivity contribution in [1.82, 2.24) is 4.90 Å². The van der Waals surface area contributed by atoms with E-state index in [9.17, 15) is 14.2 Å². The van der Waals surface area contributed by atoms with Gasteiger partial charge in [0.25, 0.3) is 11.8 Å². The average molecular weight is 463 g/mol. The molecule has 0 bridgehead atoms. The van der Waals surface area contributed by atoms with E-state index in [1.807, 2.05) is 60.7 Å². The molecular weight excluding hydrogens is 437 g/mol. The van der Waals surface area contributed by atoms with Crippen molar-refractivity contribution in [2.75, 3.05) is 0 Å². The highest BCUT2D eigenvalue weighted by Gasteiger charge is 2.50. The number of benzene rings is 3. The van der Waals surface area contributed by atoms with Crippen molar-refractivity contribution in [3.63, 3.8) is 0 Å². The number of nitrogens with zero attached hydrogens (tertiary/aromatic N) is 1. The molecule has 0 fully saturated rings. The molecule has 0 aromatic heterocycles. The first kappa shape index (κ1) is 23.1. The summed E-state index contributed by atoms with van der Waals surface area (Å²) >= 11 is 0. The molecule has 1 unspecified atom stereocenters. The monoisotopic (exact) mass is 463 g/mol. The van der Waals surface area contributed by atoms with Crippen molar-refractivity contribution >= 4 is 19.4 Å². The molecule has 4 rings (SSSR count). The van der Waals surface area contributed by atoms with Crippen molar-refractivity contribution in [3.05, 3.63) is 107 Å². The zero-order valence-corrected chi connectivity index (χ0v) is 19.5. The van der Waals surface area contributed by atoms with Gasteiger partial charge >= 0.3 is 7.60 Å². The summed E-state index contributed by atoms with van der Waals surface area (Å²) in [4.78, 5) is 27.5. The van der Waals surface area contributed by atoms with E-state index in [0.29, 0.717) is 11.1 Å². The maximum Gasteiger partial charge on any atom is 0.354 e. The molecular formula is C26H26NO5P. The van der Waals surface area contributed by atoms with Gasteiger partial charge in [0.15, 0.2) is 0 Å². The summed E-state index contributed by atoms with van der Waals surface area (Å²) < 4.78 is 26.3. The van der Waals surface area contributed by atoms with Gasteiger partial charge in [0.05, 0.1) is 24.3 Å². The lowest BCUT2D eigenvalue weighted by molar-refractivity contribution is 0.0555. The minimum absolute atomic E-state index is 0.0271. The summed E-state index contributed by atoms with van der Waals surface area (Å²) in [7, 11) is -3.98. The number of fused-ring (bicyclic) bond motifs is 1.